The molecule has 3 aromatic rings. The number of nitrogens with two attached hydrogens (primary N) is 1. The highest BCUT2D eigenvalue weighted by molar-refractivity contribution is 7.21. The van der Waals surface area contributed by atoms with Crippen LogP contribution < -0.4 is 11.1 Å². The van der Waals surface area contributed by atoms with Crippen molar-refractivity contribution >= 4 is 50.4 Å². The fourth-order valence-corrected chi connectivity index (χ4v) is 4.72. The second-order valence-electron chi connectivity index (χ2n) is 6.89. The quantitative estimate of drug-likeness (QED) is 0.612. The zero-order valence-corrected chi connectivity index (χ0v) is 16.4. The van der Waals surface area contributed by atoms with Gasteiger partial charge in [0.2, 0.25) is 0 Å². The summed E-state index contributed by atoms with van der Waals surface area (Å²) < 4.78 is 13.3. The summed E-state index contributed by atoms with van der Waals surface area (Å²) in [5.41, 5.74) is 9.48. The van der Waals surface area contributed by atoms with Gasteiger partial charge in [0, 0.05) is 16.8 Å². The van der Waals surface area contributed by atoms with Gasteiger partial charge in [-0.15, -0.1) is 11.3 Å². The van der Waals surface area contributed by atoms with Crippen LogP contribution in [-0.2, 0) is 12.8 Å². The molecule has 7 heteroatoms. The topological polar surface area (TPSA) is 68.0 Å². The minimum atomic E-state index is -0.531. The summed E-state index contributed by atoms with van der Waals surface area (Å²) in [6.45, 7) is 2.21. The normalized spacial score (nSPS) is 16.3. The van der Waals surface area contributed by atoms with Crippen molar-refractivity contribution in [3.05, 3.63) is 51.2 Å². The maximum Gasteiger partial charge on any atom is 0.267 e. The second-order valence-corrected chi connectivity index (χ2v) is 8.30. The van der Waals surface area contributed by atoms with Crippen molar-refractivity contribution in [3.63, 3.8) is 0 Å². The van der Waals surface area contributed by atoms with Crippen LogP contribution in [0.4, 0.5) is 15.8 Å². The van der Waals surface area contributed by atoms with Crippen LogP contribution in [0.5, 0.6) is 0 Å². The van der Waals surface area contributed by atoms with Gasteiger partial charge >= 0.3 is 0 Å². The number of halogens is 2. The highest BCUT2D eigenvalue weighted by Gasteiger charge is 2.23. The average molecular weight is 404 g/mol. The van der Waals surface area contributed by atoms with Crippen LogP contribution in [0.3, 0.4) is 0 Å². The number of benzene rings is 1. The molecule has 2 heterocycles. The fourth-order valence-electron chi connectivity index (χ4n) is 3.54. The first-order valence-electron chi connectivity index (χ1n) is 8.93. The lowest BCUT2D eigenvalue weighted by atomic mass is 9.85. The number of rotatable bonds is 3. The largest absolute Gasteiger partial charge is 0.397 e. The van der Waals surface area contributed by atoms with Gasteiger partial charge in [0.05, 0.1) is 10.7 Å². The summed E-state index contributed by atoms with van der Waals surface area (Å²) in [5, 5.41) is 3.51. The van der Waals surface area contributed by atoms with Crippen molar-refractivity contribution in [2.75, 3.05) is 11.1 Å². The van der Waals surface area contributed by atoms with E-state index in [0.717, 1.165) is 41.6 Å². The second kappa shape index (κ2) is 7.09. The number of pyridine rings is 1. The summed E-state index contributed by atoms with van der Waals surface area (Å²) in [7, 11) is 0. The molecule has 0 saturated carbocycles. The van der Waals surface area contributed by atoms with Gasteiger partial charge in [-0.2, -0.15) is 0 Å². The Morgan fingerprint density at radius 3 is 3.00 bits per heavy atom. The van der Waals surface area contributed by atoms with Gasteiger partial charge < -0.3 is 11.1 Å². The molecule has 1 atom stereocenters. The van der Waals surface area contributed by atoms with Crippen LogP contribution in [0.15, 0.2) is 24.3 Å². The first kappa shape index (κ1) is 18.2. The molecular formula is C20H19ClFN3OS. The van der Waals surface area contributed by atoms with E-state index in [2.05, 4.69) is 18.3 Å². The molecule has 0 saturated heterocycles. The number of aromatic nitrogens is 1. The Labute approximate surface area is 165 Å². The van der Waals surface area contributed by atoms with Crippen LogP contribution in [0.25, 0.3) is 10.2 Å². The van der Waals surface area contributed by atoms with Crippen molar-refractivity contribution in [2.45, 2.75) is 32.6 Å². The highest BCUT2D eigenvalue weighted by Crippen LogP contribution is 2.37. The van der Waals surface area contributed by atoms with E-state index in [1.807, 2.05) is 0 Å². The smallest absolute Gasteiger partial charge is 0.267 e. The zero-order chi connectivity index (χ0) is 19.1. The number of nitrogens with zero attached hydrogens (tertiary/aromatic N) is 1. The van der Waals surface area contributed by atoms with Gasteiger partial charge in [-0.05, 0) is 55.0 Å². The number of fused-ring (bicyclic) bond motifs is 2. The summed E-state index contributed by atoms with van der Waals surface area (Å²) in [5.74, 6) is -0.193. The number of nitrogen functional groups attached to an aromatic ring is 1. The molecule has 1 aliphatic carbocycles. The van der Waals surface area contributed by atoms with Crippen LogP contribution in [0, 0.1) is 11.7 Å². The Balaban J connectivity index is 1.66. The third-order valence-corrected chi connectivity index (χ3v) is 6.55. The number of thiophene rings is 1. The lowest BCUT2D eigenvalue weighted by Crippen LogP contribution is -2.14. The number of carbonyl (C=O) groups is 1. The van der Waals surface area contributed by atoms with E-state index < -0.39 is 5.82 Å². The minimum absolute atomic E-state index is 0.0445. The van der Waals surface area contributed by atoms with Gasteiger partial charge in [-0.25, -0.2) is 9.37 Å². The lowest BCUT2D eigenvalue weighted by molar-refractivity contribution is 0.103. The van der Waals surface area contributed by atoms with Gasteiger partial charge in [0.1, 0.15) is 15.5 Å². The van der Waals surface area contributed by atoms with E-state index in [9.17, 15) is 9.18 Å². The first-order valence-corrected chi connectivity index (χ1v) is 10.1. The lowest BCUT2D eigenvalue weighted by Gasteiger charge is -2.22. The average Bonchev–Trinajstić information content (AvgIpc) is 2.98. The van der Waals surface area contributed by atoms with Gasteiger partial charge in [-0.1, -0.05) is 24.9 Å². The fraction of sp³-hybridized carbons (Fsp3) is 0.300. The molecule has 0 aliphatic heterocycles. The molecule has 0 radical (unpaired) electrons. The molecule has 4 rings (SSSR count). The maximum absolute atomic E-state index is 13.3. The van der Waals surface area contributed by atoms with Crippen molar-refractivity contribution in [1.29, 1.82) is 0 Å². The van der Waals surface area contributed by atoms with E-state index in [-0.39, 0.29) is 10.9 Å². The number of amides is 1. The van der Waals surface area contributed by atoms with Crippen LogP contribution in [0.1, 0.15) is 40.7 Å². The number of anilines is 2. The Hall–Kier alpha value is -2.18. The molecule has 0 spiro atoms. The highest BCUT2D eigenvalue weighted by atomic mass is 35.5. The van der Waals surface area contributed by atoms with Crippen LogP contribution in [-0.4, -0.2) is 10.9 Å². The molecule has 0 bridgehead atoms. The Bertz CT molecular complexity index is 1050. The molecular weight excluding hydrogens is 385 g/mol. The van der Waals surface area contributed by atoms with Crippen molar-refractivity contribution in [2.24, 2.45) is 5.92 Å². The summed E-state index contributed by atoms with van der Waals surface area (Å²) >= 11 is 7.06. The molecule has 1 amide bonds. The van der Waals surface area contributed by atoms with Gasteiger partial charge in [-0.3, -0.25) is 4.79 Å². The van der Waals surface area contributed by atoms with E-state index >= 15 is 0 Å². The van der Waals surface area contributed by atoms with Gasteiger partial charge in [0.15, 0.2) is 0 Å². The zero-order valence-electron chi connectivity index (χ0n) is 14.8. The number of nitrogens with one attached hydrogen (secondary N) is 1. The standard InChI is InChI=1S/C20H19ClFN3OS/c1-2-10-3-6-16-11(7-10)8-13-17(23)18(27-20(13)25-16)19(26)24-12-4-5-15(22)14(21)9-12/h4-5,8-10H,2-3,6-7,23H2,1H3,(H,24,26)/t10-/m0/s1. The van der Waals surface area contributed by atoms with Crippen molar-refractivity contribution in [1.82, 2.24) is 4.98 Å². The molecule has 0 unspecified atom stereocenters. The van der Waals surface area contributed by atoms with E-state index in [1.165, 1.54) is 35.1 Å². The van der Waals surface area contributed by atoms with Crippen LogP contribution >= 0.6 is 22.9 Å². The summed E-state index contributed by atoms with van der Waals surface area (Å²) in [6.07, 6.45) is 4.29. The maximum atomic E-state index is 13.3. The van der Waals surface area contributed by atoms with Gasteiger partial charge in [0.25, 0.3) is 5.91 Å². The first-order chi connectivity index (χ1) is 13.0. The molecule has 27 heavy (non-hydrogen) atoms. The van der Waals surface area contributed by atoms with E-state index in [0.29, 0.717) is 22.2 Å². The number of carbonyl (C=O) groups excluding carboxylic acids is 1. The Morgan fingerprint density at radius 2 is 2.26 bits per heavy atom. The van der Waals surface area contributed by atoms with Crippen molar-refractivity contribution in [3.8, 4) is 0 Å². The van der Waals surface area contributed by atoms with E-state index in [1.54, 1.807) is 0 Å². The van der Waals surface area contributed by atoms with Crippen LogP contribution in [0.2, 0.25) is 5.02 Å². The molecule has 0 fully saturated rings. The number of hydrogen-bond acceptors (Lipinski definition) is 4. The SMILES string of the molecule is CC[C@H]1CCc2nc3sc(C(=O)Nc4ccc(F)c(Cl)c4)c(N)c3cc2C1. The number of hydrogen-bond donors (Lipinski definition) is 2. The summed E-state index contributed by atoms with van der Waals surface area (Å²) in [6, 6.07) is 6.15. The van der Waals surface area contributed by atoms with E-state index in [4.69, 9.17) is 22.3 Å². The Morgan fingerprint density at radius 1 is 1.44 bits per heavy atom. The molecule has 4 nitrogen and oxygen atoms in total. The molecule has 2 aromatic heterocycles. The third-order valence-electron chi connectivity index (χ3n) is 5.15. The summed E-state index contributed by atoms with van der Waals surface area (Å²) in [4.78, 5) is 18.6. The molecule has 1 aliphatic rings. The Kier molecular flexibility index (Phi) is 4.78. The monoisotopic (exact) mass is 403 g/mol. The molecule has 140 valence electrons. The molecule has 3 N–H and O–H groups in total. The number of aryl methyl sites for hydroxylation is 1. The third kappa shape index (κ3) is 3.39. The predicted octanol–water partition coefficient (Wildman–Crippen LogP) is 5.44. The van der Waals surface area contributed by atoms with Crippen molar-refractivity contribution < 1.29 is 9.18 Å². The minimum Gasteiger partial charge on any atom is -0.397 e. The predicted molar refractivity (Wildman–Crippen MR) is 109 cm³/mol. The molecule has 1 aromatic carbocycles.